The lowest BCUT2D eigenvalue weighted by molar-refractivity contribution is -0.301. The smallest absolute Gasteiger partial charge is 0.335 e. The quantitative estimate of drug-likeness (QED) is 0.0228. The number of aliphatic hydroxyl groups is 2. The normalized spacial score (nSPS) is 19.1. The number of carbonyl (C=O) groups excluding carboxylic acids is 3. The summed E-state index contributed by atoms with van der Waals surface area (Å²) in [7, 11) is 0. The number of carbonyl (C=O) groups is 4. The molecule has 0 radical (unpaired) electrons. The second-order valence-electron chi connectivity index (χ2n) is 18.8. The van der Waals surface area contributed by atoms with Gasteiger partial charge in [0, 0.05) is 19.3 Å². The average molecular weight is 1050 g/mol. The minimum atomic E-state index is -1.94. The number of hydrogen-bond acceptors (Lipinski definition) is 11. The summed E-state index contributed by atoms with van der Waals surface area (Å²) >= 11 is 0. The number of esters is 3. The van der Waals surface area contributed by atoms with Crippen LogP contribution in [0.25, 0.3) is 0 Å². The second kappa shape index (κ2) is 50.0. The largest absolute Gasteiger partial charge is 0.479 e. The maximum absolute atomic E-state index is 13.1. The summed E-state index contributed by atoms with van der Waals surface area (Å²) in [5, 5.41) is 31.4. The summed E-state index contributed by atoms with van der Waals surface area (Å²) in [5.41, 5.74) is 0. The van der Waals surface area contributed by atoms with E-state index in [0.717, 1.165) is 109 Å². The molecule has 0 amide bonds. The molecule has 422 valence electrons. The van der Waals surface area contributed by atoms with Crippen LogP contribution >= 0.6 is 0 Å². The van der Waals surface area contributed by atoms with Gasteiger partial charge in [-0.25, -0.2) is 4.79 Å². The predicted octanol–water partition coefficient (Wildman–Crippen LogP) is 14.4. The van der Waals surface area contributed by atoms with Crippen LogP contribution in [0.3, 0.4) is 0 Å². The average Bonchev–Trinajstić information content (AvgIpc) is 3.39. The Balaban J connectivity index is 2.75. The Morgan fingerprint density at radius 3 is 1.35 bits per heavy atom. The first kappa shape index (κ1) is 68.1. The molecule has 12 nitrogen and oxygen atoms in total. The minimum absolute atomic E-state index is 0.0719. The van der Waals surface area contributed by atoms with Crippen molar-refractivity contribution in [3.05, 3.63) is 122 Å². The first-order valence-electron chi connectivity index (χ1n) is 28.5. The summed E-state index contributed by atoms with van der Waals surface area (Å²) in [6, 6.07) is 0. The summed E-state index contributed by atoms with van der Waals surface area (Å²) in [6.07, 6.45) is 56.2. The van der Waals surface area contributed by atoms with Crippen molar-refractivity contribution in [1.29, 1.82) is 0 Å². The first-order chi connectivity index (χ1) is 36.6. The molecule has 0 aliphatic carbocycles. The molecule has 0 aromatic rings. The third kappa shape index (κ3) is 40.1. The highest BCUT2D eigenvalue weighted by molar-refractivity contribution is 5.74. The number of allylic oxidation sites excluding steroid dienone is 20. The van der Waals surface area contributed by atoms with E-state index in [0.29, 0.717) is 25.7 Å². The van der Waals surface area contributed by atoms with Crippen LogP contribution in [-0.2, 0) is 42.9 Å². The Bertz CT molecular complexity index is 1770. The molecule has 75 heavy (non-hydrogen) atoms. The molecule has 12 heteroatoms. The lowest BCUT2D eigenvalue weighted by atomic mass is 9.98. The van der Waals surface area contributed by atoms with Gasteiger partial charge in [-0.05, 0) is 116 Å². The predicted molar refractivity (Wildman–Crippen MR) is 303 cm³/mol. The molecule has 0 spiro atoms. The molecule has 1 heterocycles. The van der Waals surface area contributed by atoms with E-state index in [1.165, 1.54) is 25.7 Å². The van der Waals surface area contributed by atoms with E-state index in [2.05, 4.69) is 124 Å². The molecule has 1 rings (SSSR count). The van der Waals surface area contributed by atoms with E-state index in [4.69, 9.17) is 23.7 Å². The van der Waals surface area contributed by atoms with E-state index in [-0.39, 0.29) is 25.9 Å². The van der Waals surface area contributed by atoms with Crippen LogP contribution in [0, 0.1) is 0 Å². The van der Waals surface area contributed by atoms with Gasteiger partial charge in [0.15, 0.2) is 24.6 Å². The van der Waals surface area contributed by atoms with Crippen molar-refractivity contribution in [2.45, 2.75) is 237 Å². The van der Waals surface area contributed by atoms with Gasteiger partial charge in [0.1, 0.15) is 18.8 Å². The van der Waals surface area contributed by atoms with Crippen LogP contribution < -0.4 is 0 Å². The number of ether oxygens (including phenoxy) is 5. The molecule has 0 bridgehead atoms. The zero-order chi connectivity index (χ0) is 54.7. The van der Waals surface area contributed by atoms with E-state index in [1.54, 1.807) is 0 Å². The van der Waals surface area contributed by atoms with Crippen molar-refractivity contribution >= 4 is 23.9 Å². The summed E-state index contributed by atoms with van der Waals surface area (Å²) < 4.78 is 28.2. The van der Waals surface area contributed by atoms with Crippen LogP contribution in [0.15, 0.2) is 122 Å². The first-order valence-corrected chi connectivity index (χ1v) is 28.5. The second-order valence-corrected chi connectivity index (χ2v) is 18.8. The van der Waals surface area contributed by atoms with Crippen molar-refractivity contribution in [1.82, 2.24) is 0 Å². The Morgan fingerprint density at radius 2 is 0.867 bits per heavy atom. The molecule has 6 unspecified atom stereocenters. The van der Waals surface area contributed by atoms with Gasteiger partial charge in [0.25, 0.3) is 0 Å². The number of rotatable bonds is 46. The van der Waals surface area contributed by atoms with Gasteiger partial charge in [0.05, 0.1) is 6.61 Å². The molecule has 6 atom stereocenters. The third-order valence-corrected chi connectivity index (χ3v) is 12.0. The summed E-state index contributed by atoms with van der Waals surface area (Å²) in [6.45, 7) is 5.64. The Morgan fingerprint density at radius 1 is 0.453 bits per heavy atom. The van der Waals surface area contributed by atoms with Gasteiger partial charge in [-0.1, -0.05) is 187 Å². The van der Waals surface area contributed by atoms with Crippen molar-refractivity contribution < 1.29 is 58.2 Å². The van der Waals surface area contributed by atoms with Crippen molar-refractivity contribution in [3.63, 3.8) is 0 Å². The van der Waals surface area contributed by atoms with Crippen LogP contribution in [0.1, 0.15) is 201 Å². The van der Waals surface area contributed by atoms with Crippen LogP contribution in [0.4, 0.5) is 0 Å². The van der Waals surface area contributed by atoms with Gasteiger partial charge in [0.2, 0.25) is 0 Å². The fourth-order valence-corrected chi connectivity index (χ4v) is 7.69. The van der Waals surface area contributed by atoms with Gasteiger partial charge < -0.3 is 39.0 Å². The van der Waals surface area contributed by atoms with Gasteiger partial charge >= 0.3 is 23.9 Å². The zero-order valence-corrected chi connectivity index (χ0v) is 46.2. The number of aliphatic carboxylic acids is 1. The molecule has 0 aromatic heterocycles. The maximum atomic E-state index is 13.1. The lowest BCUT2D eigenvalue weighted by Crippen LogP contribution is -2.61. The summed E-state index contributed by atoms with van der Waals surface area (Å²) in [4.78, 5) is 51.0. The van der Waals surface area contributed by atoms with E-state index >= 15 is 0 Å². The number of unbranched alkanes of at least 4 members (excludes halogenated alkanes) is 12. The van der Waals surface area contributed by atoms with Crippen LogP contribution in [-0.4, -0.2) is 89.2 Å². The molecule has 0 aromatic carbocycles. The third-order valence-electron chi connectivity index (χ3n) is 12.0. The molecule has 1 aliphatic heterocycles. The maximum Gasteiger partial charge on any atom is 0.335 e. The standard InChI is InChI=1S/C63H98O12/c1-4-7-10-13-16-19-22-25-26-27-28-29-30-33-34-37-40-43-46-49-55(64)71-52-54(73-56(65)50-47-44-41-38-35-31-23-20-17-14-11-8-5-2)53-72-63-61(59(68)58(67)60(75-63)62(69)70)74-57(66)51-48-45-42-39-36-32-24-21-18-15-12-9-6-3/h8-9,11-12,16-21,25-26,28-29,31-32,35-36,42,45,54,58-61,63,67-68H,4-7,10,13-15,22-24,27,30,33-34,37-41,43-44,46-53H2,1-3H3,(H,69,70)/b11-8-,12-9-,19-16-,20-17-,21-18-,26-25-,29-28-,35-31-,36-32-,45-42-. The summed E-state index contributed by atoms with van der Waals surface area (Å²) in [5.74, 6) is -3.30. The van der Waals surface area contributed by atoms with Crippen LogP contribution in [0.2, 0.25) is 0 Å². The highest BCUT2D eigenvalue weighted by atomic mass is 16.7. The van der Waals surface area contributed by atoms with E-state index in [1.807, 2.05) is 18.2 Å². The molecule has 1 saturated heterocycles. The van der Waals surface area contributed by atoms with Gasteiger partial charge in [-0.15, -0.1) is 0 Å². The fourth-order valence-electron chi connectivity index (χ4n) is 7.69. The van der Waals surface area contributed by atoms with Crippen LogP contribution in [0.5, 0.6) is 0 Å². The number of aliphatic hydroxyl groups excluding tert-OH is 2. The lowest BCUT2D eigenvalue weighted by Gasteiger charge is -2.40. The molecule has 1 aliphatic rings. The highest BCUT2D eigenvalue weighted by Gasteiger charge is 2.50. The molecule has 1 fully saturated rings. The number of hydrogen-bond donors (Lipinski definition) is 3. The number of carboxylic acids is 1. The van der Waals surface area contributed by atoms with E-state index < -0.39 is 67.3 Å². The molecule has 3 N–H and O–H groups in total. The Hall–Kier alpha value is -4.88. The van der Waals surface area contributed by atoms with Gasteiger partial charge in [-0.3, -0.25) is 14.4 Å². The Labute approximate surface area is 452 Å². The monoisotopic (exact) mass is 1050 g/mol. The highest BCUT2D eigenvalue weighted by Crippen LogP contribution is 2.26. The molecule has 0 saturated carbocycles. The molecular weight excluding hydrogens is 949 g/mol. The minimum Gasteiger partial charge on any atom is -0.479 e. The van der Waals surface area contributed by atoms with Crippen molar-refractivity contribution in [2.24, 2.45) is 0 Å². The topological polar surface area (TPSA) is 175 Å². The SMILES string of the molecule is CC/C=C\C/C=C\C/C=C\C/C=C\CCC(=O)OC1C(OCC(COC(=O)CCCCCCCC/C=C\C/C=C\C/C=C\CCCCC)OC(=O)CCCCC/C=C\C/C=C\C/C=C\CC)OC(C(=O)O)C(O)C1O. The molecular formula is C63H98O12. The van der Waals surface area contributed by atoms with Crippen molar-refractivity contribution in [3.8, 4) is 0 Å². The van der Waals surface area contributed by atoms with E-state index in [9.17, 15) is 34.5 Å². The Kier molecular flexibility index (Phi) is 45.4. The zero-order valence-electron chi connectivity index (χ0n) is 46.2. The van der Waals surface area contributed by atoms with Gasteiger partial charge in [-0.2, -0.15) is 0 Å². The van der Waals surface area contributed by atoms with Crippen molar-refractivity contribution in [2.75, 3.05) is 13.2 Å². The fraction of sp³-hybridized carbons (Fsp3) is 0.619. The number of carboxylic acid groups (broad SMARTS) is 1.